The molecule has 2 atom stereocenters. The fraction of sp³-hybridized carbons (Fsp3) is 0.135. The molecule has 0 saturated carbocycles. The van der Waals surface area contributed by atoms with Crippen molar-refractivity contribution in [2.75, 3.05) is 0 Å². The van der Waals surface area contributed by atoms with E-state index in [4.69, 9.17) is 9.41 Å². The average molecular weight is 722 g/mol. The SMILES string of the molecule is CC1CC=CC2=C(c3ccc4ccccc4c3)N=C(n3c4ccccc4c4c(-c5ccc6c(c5)-c5ccccc5C6(C)C)cc5c6ccccc6oc5c43)NC21. The van der Waals surface area contributed by atoms with Crippen molar-refractivity contribution in [3.63, 3.8) is 0 Å². The molecule has 1 aliphatic heterocycles. The van der Waals surface area contributed by atoms with Crippen LogP contribution in [0.3, 0.4) is 0 Å². The second kappa shape index (κ2) is 11.4. The minimum atomic E-state index is -0.0636. The summed E-state index contributed by atoms with van der Waals surface area (Å²) < 4.78 is 9.28. The van der Waals surface area contributed by atoms with E-state index in [9.17, 15) is 0 Å². The van der Waals surface area contributed by atoms with Crippen LogP contribution in [0.25, 0.3) is 82.5 Å². The zero-order valence-corrected chi connectivity index (χ0v) is 31.6. The Kier molecular flexibility index (Phi) is 6.47. The van der Waals surface area contributed by atoms with Crippen molar-refractivity contribution in [1.29, 1.82) is 0 Å². The monoisotopic (exact) mass is 721 g/mol. The molecular weight excluding hydrogens is 683 g/mol. The number of nitrogens with one attached hydrogen (secondary N) is 1. The van der Waals surface area contributed by atoms with E-state index >= 15 is 0 Å². The minimum Gasteiger partial charge on any atom is -0.454 e. The fourth-order valence-electron chi connectivity index (χ4n) is 10.1. The molecule has 268 valence electrons. The van der Waals surface area contributed by atoms with Gasteiger partial charge in [-0.15, -0.1) is 0 Å². The molecule has 12 rings (SSSR count). The number of aliphatic imine (C=N–C) groups is 1. The molecule has 4 nitrogen and oxygen atoms in total. The molecule has 7 aromatic carbocycles. The number of fused-ring (bicyclic) bond motifs is 12. The third-order valence-corrected chi connectivity index (χ3v) is 12.9. The van der Waals surface area contributed by atoms with Gasteiger partial charge in [0.15, 0.2) is 5.58 Å². The predicted molar refractivity (Wildman–Crippen MR) is 233 cm³/mol. The zero-order valence-electron chi connectivity index (χ0n) is 31.6. The Morgan fingerprint density at radius 3 is 2.34 bits per heavy atom. The highest BCUT2D eigenvalue weighted by Gasteiger charge is 2.36. The van der Waals surface area contributed by atoms with Gasteiger partial charge in [-0.05, 0) is 86.8 Å². The summed E-state index contributed by atoms with van der Waals surface area (Å²) in [6, 6.07) is 51.1. The number of para-hydroxylation sites is 2. The third kappa shape index (κ3) is 4.33. The minimum absolute atomic E-state index is 0.0636. The van der Waals surface area contributed by atoms with Crippen molar-refractivity contribution in [3.05, 3.63) is 174 Å². The Bertz CT molecular complexity index is 3260. The molecule has 0 fully saturated rings. The van der Waals surface area contributed by atoms with E-state index in [0.717, 1.165) is 56.6 Å². The molecule has 0 radical (unpaired) electrons. The van der Waals surface area contributed by atoms with E-state index in [1.807, 2.05) is 0 Å². The zero-order chi connectivity index (χ0) is 37.3. The van der Waals surface area contributed by atoms with E-state index in [1.54, 1.807) is 0 Å². The lowest BCUT2D eigenvalue weighted by Crippen LogP contribution is -2.46. The molecule has 2 aromatic heterocycles. The highest BCUT2D eigenvalue weighted by atomic mass is 16.3. The topological polar surface area (TPSA) is 42.5 Å². The molecular formula is C52H39N3O. The van der Waals surface area contributed by atoms with Crippen LogP contribution in [0.2, 0.25) is 0 Å². The van der Waals surface area contributed by atoms with Gasteiger partial charge >= 0.3 is 0 Å². The summed E-state index contributed by atoms with van der Waals surface area (Å²) in [4.78, 5) is 5.63. The summed E-state index contributed by atoms with van der Waals surface area (Å²) in [7, 11) is 0. The molecule has 1 N–H and O–H groups in total. The van der Waals surface area contributed by atoms with Crippen LogP contribution in [-0.4, -0.2) is 16.6 Å². The molecule has 56 heavy (non-hydrogen) atoms. The molecule has 0 saturated heterocycles. The summed E-state index contributed by atoms with van der Waals surface area (Å²) in [6.07, 6.45) is 5.60. The van der Waals surface area contributed by atoms with Crippen LogP contribution in [-0.2, 0) is 5.41 Å². The van der Waals surface area contributed by atoms with Gasteiger partial charge in [-0.2, -0.15) is 0 Å². The largest absolute Gasteiger partial charge is 0.454 e. The van der Waals surface area contributed by atoms with Crippen molar-refractivity contribution in [2.45, 2.75) is 38.6 Å². The first-order valence-corrected chi connectivity index (χ1v) is 19.8. The summed E-state index contributed by atoms with van der Waals surface area (Å²) in [5, 5.41) is 11.0. The van der Waals surface area contributed by atoms with E-state index in [2.05, 4.69) is 182 Å². The summed E-state index contributed by atoms with van der Waals surface area (Å²) in [6.45, 7) is 7.04. The number of aromatic nitrogens is 1. The van der Waals surface area contributed by atoms with E-state index in [-0.39, 0.29) is 11.5 Å². The quantitative estimate of drug-likeness (QED) is 0.193. The highest BCUT2D eigenvalue weighted by Crippen LogP contribution is 2.51. The van der Waals surface area contributed by atoms with E-state index < -0.39 is 0 Å². The number of nitrogens with zero attached hydrogens (tertiary/aromatic N) is 2. The van der Waals surface area contributed by atoms with Crippen molar-refractivity contribution in [1.82, 2.24) is 9.88 Å². The first-order valence-electron chi connectivity index (χ1n) is 19.8. The van der Waals surface area contributed by atoms with Gasteiger partial charge in [0.1, 0.15) is 11.1 Å². The van der Waals surface area contributed by atoms with Crippen LogP contribution in [0.5, 0.6) is 0 Å². The van der Waals surface area contributed by atoms with E-state index in [1.165, 1.54) is 60.5 Å². The van der Waals surface area contributed by atoms with Crippen LogP contribution in [0.1, 0.15) is 43.9 Å². The molecule has 3 aliphatic rings. The number of allylic oxidation sites excluding steroid dienone is 1. The average Bonchev–Trinajstić information content (AvgIpc) is 3.86. The normalized spacial score (nSPS) is 18.4. The first-order chi connectivity index (χ1) is 27.4. The van der Waals surface area contributed by atoms with Gasteiger partial charge in [-0.3, -0.25) is 4.57 Å². The fourth-order valence-corrected chi connectivity index (χ4v) is 10.1. The molecule has 4 heteroatoms. The van der Waals surface area contributed by atoms with Gasteiger partial charge in [-0.25, -0.2) is 4.99 Å². The van der Waals surface area contributed by atoms with Gasteiger partial charge < -0.3 is 9.73 Å². The Balaban J connectivity index is 1.18. The lowest BCUT2D eigenvalue weighted by atomic mass is 9.82. The van der Waals surface area contributed by atoms with Crippen molar-refractivity contribution >= 4 is 66.2 Å². The van der Waals surface area contributed by atoms with Gasteiger partial charge in [0.05, 0.1) is 17.3 Å². The third-order valence-electron chi connectivity index (χ3n) is 12.9. The number of hydrogen-bond donors (Lipinski definition) is 1. The van der Waals surface area contributed by atoms with Gasteiger partial charge in [-0.1, -0.05) is 142 Å². The molecule has 0 spiro atoms. The molecule has 9 aromatic rings. The summed E-state index contributed by atoms with van der Waals surface area (Å²) in [5.74, 6) is 1.20. The van der Waals surface area contributed by atoms with Crippen LogP contribution < -0.4 is 5.32 Å². The number of benzene rings is 7. The highest BCUT2D eigenvalue weighted by molar-refractivity contribution is 6.28. The maximum absolute atomic E-state index is 6.93. The second-order valence-corrected chi connectivity index (χ2v) is 16.4. The Labute approximate surface area is 325 Å². The van der Waals surface area contributed by atoms with Gasteiger partial charge in [0.25, 0.3) is 0 Å². The molecule has 3 heterocycles. The van der Waals surface area contributed by atoms with Gasteiger partial charge in [0, 0.05) is 38.1 Å². The predicted octanol–water partition coefficient (Wildman–Crippen LogP) is 13.0. The Morgan fingerprint density at radius 2 is 1.43 bits per heavy atom. The Morgan fingerprint density at radius 1 is 0.679 bits per heavy atom. The molecule has 2 unspecified atom stereocenters. The maximum atomic E-state index is 6.93. The van der Waals surface area contributed by atoms with Crippen LogP contribution in [0, 0.1) is 5.92 Å². The summed E-state index contributed by atoms with van der Waals surface area (Å²) >= 11 is 0. The molecule has 2 aliphatic carbocycles. The van der Waals surface area contributed by atoms with Crippen LogP contribution >= 0.6 is 0 Å². The maximum Gasteiger partial charge on any atom is 0.209 e. The lowest BCUT2D eigenvalue weighted by Gasteiger charge is -2.35. The van der Waals surface area contributed by atoms with Crippen molar-refractivity contribution in [3.8, 4) is 22.3 Å². The second-order valence-electron chi connectivity index (χ2n) is 16.4. The summed E-state index contributed by atoms with van der Waals surface area (Å²) in [5.41, 5.74) is 15.0. The lowest BCUT2D eigenvalue weighted by molar-refractivity contribution is 0.461. The smallest absolute Gasteiger partial charge is 0.209 e. The van der Waals surface area contributed by atoms with Crippen molar-refractivity contribution < 1.29 is 4.42 Å². The van der Waals surface area contributed by atoms with Gasteiger partial charge in [0.2, 0.25) is 5.96 Å². The number of hydrogen-bond acceptors (Lipinski definition) is 3. The molecule has 0 bridgehead atoms. The standard InChI is InChI=1S/C52H39N3O/c1-30-13-12-19-38-47(30)53-51(54-48(38)34-24-23-31-14-4-5-15-32(31)27-34)55-44-21-10-7-18-37(44)46-39(29-41-36-17-8-11-22-45(36)56-50(41)49(46)55)33-25-26-43-40(28-33)35-16-6-9-20-42(35)52(43,2)3/h4-12,14-30,47H,13H2,1-3H3,(H,53,54). The van der Waals surface area contributed by atoms with Crippen LogP contribution in [0.15, 0.2) is 167 Å². The van der Waals surface area contributed by atoms with E-state index in [0.29, 0.717) is 5.92 Å². The Hall–Kier alpha value is -6.65. The van der Waals surface area contributed by atoms with Crippen LogP contribution in [0.4, 0.5) is 0 Å². The first kappa shape index (κ1) is 31.7. The molecule has 0 amide bonds. The number of furan rings is 1. The number of rotatable bonds is 2. The van der Waals surface area contributed by atoms with Crippen molar-refractivity contribution in [2.24, 2.45) is 10.9 Å².